The molecule has 0 aromatic heterocycles. The highest BCUT2D eigenvalue weighted by Crippen LogP contribution is 2.33. The van der Waals surface area contributed by atoms with Crippen LogP contribution in [-0.2, 0) is 0 Å². The zero-order valence-corrected chi connectivity index (χ0v) is 7.54. The second-order valence-corrected chi connectivity index (χ2v) is 3.22. The molecule has 0 spiro atoms. The molecule has 2 rings (SSSR count). The zero-order valence-electron chi connectivity index (χ0n) is 6.79. The van der Waals surface area contributed by atoms with Crippen LogP contribution in [0.2, 0.25) is 5.02 Å². The van der Waals surface area contributed by atoms with Crippen molar-refractivity contribution in [2.45, 2.75) is 6.42 Å². The lowest BCUT2D eigenvalue weighted by Crippen LogP contribution is -1.81. The topological polar surface area (TPSA) is 37.9 Å². The van der Waals surface area contributed by atoms with Gasteiger partial charge in [-0.1, -0.05) is 17.7 Å². The quantitative estimate of drug-likeness (QED) is 0.670. The first-order chi connectivity index (χ1) is 6.31. The molecule has 0 saturated heterocycles. The van der Waals surface area contributed by atoms with E-state index in [1.807, 2.05) is 12.1 Å². The Morgan fingerprint density at radius 2 is 2.31 bits per heavy atom. The average molecular weight is 190 g/mol. The average Bonchev–Trinajstić information content (AvgIpc) is 2.49. The molecule has 0 aliphatic carbocycles. The predicted molar refractivity (Wildman–Crippen MR) is 51.5 cm³/mol. The van der Waals surface area contributed by atoms with Crippen molar-refractivity contribution in [2.24, 2.45) is 0 Å². The van der Waals surface area contributed by atoms with E-state index in [2.05, 4.69) is 11.4 Å². The van der Waals surface area contributed by atoms with Gasteiger partial charge in [0.15, 0.2) is 0 Å². The molecule has 1 aliphatic heterocycles. The second kappa shape index (κ2) is 3.12. The second-order valence-electron chi connectivity index (χ2n) is 2.78. The van der Waals surface area contributed by atoms with Crippen LogP contribution in [0.15, 0.2) is 24.4 Å². The Kier molecular flexibility index (Phi) is 1.96. The maximum absolute atomic E-state index is 8.55. The molecule has 63 valence electrons. The molecule has 0 amide bonds. The fourth-order valence-electron chi connectivity index (χ4n) is 1.33. The Hall–Kier alpha value is -1.46. The van der Waals surface area contributed by atoms with Gasteiger partial charge in [0.2, 0.25) is 0 Å². The summed E-state index contributed by atoms with van der Waals surface area (Å²) in [5, 5.41) is 13.4. The lowest BCUT2D eigenvalue weighted by Gasteiger charge is -1.99. The molecule has 0 bridgehead atoms. The van der Waals surface area contributed by atoms with Crippen LogP contribution in [0.3, 0.4) is 0 Å². The smallest absolute Gasteiger partial charge is 0.0720 e. The van der Waals surface area contributed by atoms with E-state index in [-0.39, 0.29) is 0 Å². The van der Waals surface area contributed by atoms with Gasteiger partial charge in [-0.25, -0.2) is 0 Å². The lowest BCUT2D eigenvalue weighted by atomic mass is 10.1. The summed E-state index contributed by atoms with van der Waals surface area (Å²) < 4.78 is 0. The van der Waals surface area contributed by atoms with Gasteiger partial charge >= 0.3 is 0 Å². The molecule has 1 aromatic carbocycles. The fourth-order valence-corrected chi connectivity index (χ4v) is 1.49. The first-order valence-electron chi connectivity index (χ1n) is 3.88. The summed E-state index contributed by atoms with van der Waals surface area (Å²) in [7, 11) is 0. The highest BCUT2D eigenvalue weighted by atomic mass is 35.5. The molecule has 0 N–H and O–H groups in total. The maximum Gasteiger partial charge on any atom is 0.0720 e. The minimum absolute atomic E-state index is 0.401. The first kappa shape index (κ1) is 8.15. The molecule has 1 radical (unpaired) electrons. The van der Waals surface area contributed by atoms with E-state index in [1.165, 1.54) is 0 Å². The number of allylic oxidation sites excluding steroid dienone is 1. The van der Waals surface area contributed by atoms with E-state index in [1.54, 1.807) is 12.3 Å². The molecular weight excluding hydrogens is 184 g/mol. The van der Waals surface area contributed by atoms with Crippen molar-refractivity contribution in [2.75, 3.05) is 0 Å². The van der Waals surface area contributed by atoms with Crippen molar-refractivity contribution in [1.82, 2.24) is 5.32 Å². The maximum atomic E-state index is 8.55. The minimum atomic E-state index is 0.401. The third-order valence-corrected chi connectivity index (χ3v) is 2.17. The van der Waals surface area contributed by atoms with Gasteiger partial charge in [0.25, 0.3) is 0 Å². The normalized spacial score (nSPS) is 12.8. The fraction of sp³-hybridized carbons (Fsp3) is 0.100. The van der Waals surface area contributed by atoms with E-state index in [0.717, 1.165) is 16.8 Å². The molecule has 2 nitrogen and oxygen atoms in total. The Balaban J connectivity index is 2.40. The molecule has 1 heterocycles. The molecule has 0 unspecified atom stereocenters. The number of benzene rings is 1. The molecule has 1 aliphatic rings. The number of rotatable bonds is 1. The molecule has 0 atom stereocenters. The lowest BCUT2D eigenvalue weighted by molar-refractivity contribution is 1.21. The third-order valence-electron chi connectivity index (χ3n) is 1.93. The molecule has 1 aromatic rings. The summed E-state index contributed by atoms with van der Waals surface area (Å²) in [6, 6.07) is 7.62. The van der Waals surface area contributed by atoms with Crippen LogP contribution in [0.4, 0.5) is 5.69 Å². The van der Waals surface area contributed by atoms with Crippen molar-refractivity contribution < 1.29 is 0 Å². The van der Waals surface area contributed by atoms with Gasteiger partial charge in [-0.2, -0.15) is 5.26 Å². The number of hydrogen-bond acceptors (Lipinski definition) is 1. The van der Waals surface area contributed by atoms with E-state index < -0.39 is 0 Å². The standard InChI is InChI=1S/C10H6ClN2/c11-8-1-2-9-7(3-4-12)6-13-10(9)5-8/h1-2,5-6H,3H2. The number of halogens is 1. The van der Waals surface area contributed by atoms with E-state index in [9.17, 15) is 0 Å². The number of nitriles is 1. The van der Waals surface area contributed by atoms with Gasteiger partial charge in [-0.15, -0.1) is 0 Å². The highest BCUT2D eigenvalue weighted by Gasteiger charge is 2.14. The van der Waals surface area contributed by atoms with Gasteiger partial charge in [0.1, 0.15) is 0 Å². The summed E-state index contributed by atoms with van der Waals surface area (Å²) in [4.78, 5) is 0. The highest BCUT2D eigenvalue weighted by molar-refractivity contribution is 6.31. The van der Waals surface area contributed by atoms with E-state index >= 15 is 0 Å². The first-order valence-corrected chi connectivity index (χ1v) is 4.26. The largest absolute Gasteiger partial charge is 0.256 e. The Morgan fingerprint density at radius 3 is 3.08 bits per heavy atom. The van der Waals surface area contributed by atoms with Crippen molar-refractivity contribution >= 4 is 22.9 Å². The summed E-state index contributed by atoms with van der Waals surface area (Å²) in [6.07, 6.45) is 2.13. The SMILES string of the molecule is N#CCC1=C[N]c2cc(Cl)ccc21. The summed E-state index contributed by atoms with van der Waals surface area (Å²) in [6.45, 7) is 0. The van der Waals surface area contributed by atoms with E-state index in [4.69, 9.17) is 16.9 Å². The van der Waals surface area contributed by atoms with Crippen molar-refractivity contribution in [3.05, 3.63) is 35.0 Å². The Morgan fingerprint density at radius 1 is 1.46 bits per heavy atom. The van der Waals surface area contributed by atoms with Crippen LogP contribution in [0.25, 0.3) is 5.57 Å². The summed E-state index contributed by atoms with van der Waals surface area (Å²) in [5.41, 5.74) is 2.85. The van der Waals surface area contributed by atoms with Gasteiger partial charge in [-0.05, 0) is 17.7 Å². The molecule has 3 heteroatoms. The van der Waals surface area contributed by atoms with Gasteiger partial charge < -0.3 is 0 Å². The van der Waals surface area contributed by atoms with Crippen LogP contribution in [0.5, 0.6) is 0 Å². The molecule has 0 saturated carbocycles. The van der Waals surface area contributed by atoms with Gasteiger partial charge in [0, 0.05) is 16.8 Å². The Labute approximate surface area is 81.4 Å². The number of hydrogen-bond donors (Lipinski definition) is 0. The zero-order chi connectivity index (χ0) is 9.26. The Bertz CT molecular complexity index is 415. The van der Waals surface area contributed by atoms with Crippen LogP contribution in [0.1, 0.15) is 12.0 Å². The van der Waals surface area contributed by atoms with Gasteiger partial charge in [0.05, 0.1) is 18.2 Å². The molecular formula is C10H6ClN2. The van der Waals surface area contributed by atoms with Gasteiger partial charge in [-0.3, -0.25) is 5.32 Å². The van der Waals surface area contributed by atoms with Crippen LogP contribution >= 0.6 is 11.6 Å². The van der Waals surface area contributed by atoms with Crippen LogP contribution < -0.4 is 5.32 Å². The monoisotopic (exact) mass is 189 g/mol. The van der Waals surface area contributed by atoms with E-state index in [0.29, 0.717) is 11.4 Å². The molecule has 0 fully saturated rings. The summed E-state index contributed by atoms with van der Waals surface area (Å²) >= 11 is 5.80. The minimum Gasteiger partial charge on any atom is -0.256 e. The molecule has 13 heavy (non-hydrogen) atoms. The van der Waals surface area contributed by atoms with Crippen molar-refractivity contribution in [3.63, 3.8) is 0 Å². The third kappa shape index (κ3) is 1.39. The number of fused-ring (bicyclic) bond motifs is 1. The predicted octanol–water partition coefficient (Wildman–Crippen LogP) is 2.84. The summed E-state index contributed by atoms with van der Waals surface area (Å²) in [5.74, 6) is 0. The van der Waals surface area contributed by atoms with Crippen molar-refractivity contribution in [1.29, 1.82) is 5.26 Å². The number of nitrogens with zero attached hydrogens (tertiary/aromatic N) is 2. The van der Waals surface area contributed by atoms with Crippen LogP contribution in [-0.4, -0.2) is 0 Å². The van der Waals surface area contributed by atoms with Crippen LogP contribution in [0, 0.1) is 11.3 Å². The van der Waals surface area contributed by atoms with Crippen molar-refractivity contribution in [3.8, 4) is 6.07 Å².